The van der Waals surface area contributed by atoms with Gasteiger partial charge in [0.25, 0.3) is 0 Å². The van der Waals surface area contributed by atoms with Crippen LogP contribution in [0.5, 0.6) is 0 Å². The number of benzene rings is 2. The SMILES string of the molecule is CCc1ccc(C(=O)Cc2cc(C)ccc2C)cc1. The quantitative estimate of drug-likeness (QED) is 0.742. The zero-order valence-electron chi connectivity index (χ0n) is 11.9. The predicted molar refractivity (Wildman–Crippen MR) is 79.8 cm³/mol. The van der Waals surface area contributed by atoms with E-state index in [2.05, 4.69) is 39.0 Å². The molecule has 0 fully saturated rings. The normalized spacial score (nSPS) is 10.5. The number of ketones is 1. The average Bonchev–Trinajstić information content (AvgIpc) is 2.43. The summed E-state index contributed by atoms with van der Waals surface area (Å²) in [5, 5.41) is 0. The van der Waals surface area contributed by atoms with Crippen LogP contribution in [0.3, 0.4) is 0 Å². The molecule has 0 saturated heterocycles. The molecule has 1 heteroatoms. The van der Waals surface area contributed by atoms with Gasteiger partial charge in [0, 0.05) is 12.0 Å². The second kappa shape index (κ2) is 5.83. The second-order valence-electron chi connectivity index (χ2n) is 5.08. The van der Waals surface area contributed by atoms with E-state index < -0.39 is 0 Å². The Bertz CT molecular complexity index is 579. The third kappa shape index (κ3) is 3.31. The molecule has 2 aromatic carbocycles. The summed E-state index contributed by atoms with van der Waals surface area (Å²) in [5.74, 6) is 0.191. The molecular formula is C18H20O. The highest BCUT2D eigenvalue weighted by molar-refractivity contribution is 5.97. The molecule has 1 nitrogen and oxygen atoms in total. The lowest BCUT2D eigenvalue weighted by molar-refractivity contribution is 0.0993. The average molecular weight is 252 g/mol. The Kier molecular flexibility index (Phi) is 4.16. The van der Waals surface area contributed by atoms with E-state index in [1.165, 1.54) is 16.7 Å². The summed E-state index contributed by atoms with van der Waals surface area (Å²) >= 11 is 0. The predicted octanol–water partition coefficient (Wildman–Crippen LogP) is 4.29. The van der Waals surface area contributed by atoms with Crippen LogP contribution in [0.4, 0.5) is 0 Å². The van der Waals surface area contributed by atoms with Gasteiger partial charge in [-0.1, -0.05) is 55.0 Å². The first-order valence-corrected chi connectivity index (χ1v) is 6.78. The fourth-order valence-corrected chi connectivity index (χ4v) is 2.19. The third-order valence-electron chi connectivity index (χ3n) is 3.54. The molecule has 0 aromatic heterocycles. The van der Waals surface area contributed by atoms with Crippen LogP contribution in [0.25, 0.3) is 0 Å². The Morgan fingerprint density at radius 1 is 1.00 bits per heavy atom. The van der Waals surface area contributed by atoms with Crippen molar-refractivity contribution in [1.82, 2.24) is 0 Å². The highest BCUT2D eigenvalue weighted by Crippen LogP contribution is 2.14. The van der Waals surface area contributed by atoms with Crippen molar-refractivity contribution in [3.05, 3.63) is 70.3 Å². The lowest BCUT2D eigenvalue weighted by atomic mass is 9.97. The minimum absolute atomic E-state index is 0.191. The molecule has 0 aliphatic carbocycles. The molecule has 2 rings (SSSR count). The Morgan fingerprint density at radius 2 is 1.68 bits per heavy atom. The zero-order chi connectivity index (χ0) is 13.8. The van der Waals surface area contributed by atoms with Gasteiger partial charge in [-0.2, -0.15) is 0 Å². The van der Waals surface area contributed by atoms with Crippen LogP contribution < -0.4 is 0 Å². The van der Waals surface area contributed by atoms with E-state index in [-0.39, 0.29) is 5.78 Å². The second-order valence-corrected chi connectivity index (χ2v) is 5.08. The van der Waals surface area contributed by atoms with Gasteiger partial charge >= 0.3 is 0 Å². The van der Waals surface area contributed by atoms with Crippen LogP contribution >= 0.6 is 0 Å². The van der Waals surface area contributed by atoms with Crippen molar-refractivity contribution in [1.29, 1.82) is 0 Å². The lowest BCUT2D eigenvalue weighted by Gasteiger charge is -2.07. The van der Waals surface area contributed by atoms with E-state index in [9.17, 15) is 4.79 Å². The zero-order valence-corrected chi connectivity index (χ0v) is 11.9. The van der Waals surface area contributed by atoms with E-state index in [1.807, 2.05) is 24.3 Å². The number of hydrogen-bond acceptors (Lipinski definition) is 1. The highest BCUT2D eigenvalue weighted by Gasteiger charge is 2.09. The standard InChI is InChI=1S/C18H20O/c1-4-15-7-9-16(10-8-15)18(19)12-17-11-13(2)5-6-14(17)3/h5-11H,4,12H2,1-3H3. The molecule has 98 valence electrons. The van der Waals surface area contributed by atoms with Crippen molar-refractivity contribution in [3.8, 4) is 0 Å². The van der Waals surface area contributed by atoms with Crippen LogP contribution in [0, 0.1) is 13.8 Å². The van der Waals surface area contributed by atoms with E-state index in [4.69, 9.17) is 0 Å². The Labute approximate surface area is 115 Å². The maximum absolute atomic E-state index is 12.3. The van der Waals surface area contributed by atoms with Gasteiger partial charge in [0.05, 0.1) is 0 Å². The molecule has 19 heavy (non-hydrogen) atoms. The van der Waals surface area contributed by atoms with Gasteiger partial charge in [0.15, 0.2) is 5.78 Å². The van der Waals surface area contributed by atoms with Crippen molar-refractivity contribution < 1.29 is 4.79 Å². The summed E-state index contributed by atoms with van der Waals surface area (Å²) in [7, 11) is 0. The number of carbonyl (C=O) groups excluding carboxylic acids is 1. The summed E-state index contributed by atoms with van der Waals surface area (Å²) in [6.07, 6.45) is 1.49. The number of hydrogen-bond donors (Lipinski definition) is 0. The van der Waals surface area contributed by atoms with E-state index in [0.29, 0.717) is 6.42 Å². The molecule has 0 atom stereocenters. The lowest BCUT2D eigenvalue weighted by Crippen LogP contribution is -2.05. The summed E-state index contributed by atoms with van der Waals surface area (Å²) < 4.78 is 0. The molecule has 0 bridgehead atoms. The summed E-state index contributed by atoms with van der Waals surface area (Å²) in [6, 6.07) is 14.2. The van der Waals surface area contributed by atoms with Crippen molar-refractivity contribution in [3.63, 3.8) is 0 Å². The van der Waals surface area contributed by atoms with Gasteiger partial charge in [-0.25, -0.2) is 0 Å². The molecule has 0 saturated carbocycles. The van der Waals surface area contributed by atoms with Gasteiger partial charge in [-0.15, -0.1) is 0 Å². The van der Waals surface area contributed by atoms with Crippen molar-refractivity contribution in [2.24, 2.45) is 0 Å². The molecule has 0 radical (unpaired) electrons. The minimum Gasteiger partial charge on any atom is -0.294 e. The van der Waals surface area contributed by atoms with Crippen molar-refractivity contribution in [2.75, 3.05) is 0 Å². The van der Waals surface area contributed by atoms with Gasteiger partial charge in [-0.3, -0.25) is 4.79 Å². The number of Topliss-reactive ketones (excluding diaryl/α,β-unsaturated/α-hetero) is 1. The van der Waals surface area contributed by atoms with E-state index in [1.54, 1.807) is 0 Å². The van der Waals surface area contributed by atoms with Gasteiger partial charge in [0.1, 0.15) is 0 Å². The summed E-state index contributed by atoms with van der Waals surface area (Å²) in [5.41, 5.74) is 5.59. The molecule has 0 heterocycles. The van der Waals surface area contributed by atoms with Crippen LogP contribution in [0.2, 0.25) is 0 Å². The van der Waals surface area contributed by atoms with Gasteiger partial charge in [0.2, 0.25) is 0 Å². The summed E-state index contributed by atoms with van der Waals surface area (Å²) in [6.45, 7) is 6.23. The van der Waals surface area contributed by atoms with Gasteiger partial charge < -0.3 is 0 Å². The fourth-order valence-electron chi connectivity index (χ4n) is 2.19. The monoisotopic (exact) mass is 252 g/mol. The number of carbonyl (C=O) groups is 1. The molecule has 0 aliphatic heterocycles. The Morgan fingerprint density at radius 3 is 2.32 bits per heavy atom. The molecule has 0 N–H and O–H groups in total. The molecule has 0 aliphatic rings. The summed E-state index contributed by atoms with van der Waals surface area (Å²) in [4.78, 5) is 12.3. The van der Waals surface area contributed by atoms with Crippen LogP contribution in [-0.4, -0.2) is 5.78 Å². The first-order chi connectivity index (χ1) is 9.10. The van der Waals surface area contributed by atoms with Gasteiger partial charge in [-0.05, 0) is 37.0 Å². The van der Waals surface area contributed by atoms with Crippen LogP contribution in [0.1, 0.15) is 39.5 Å². The fraction of sp³-hybridized carbons (Fsp3) is 0.278. The van der Waals surface area contributed by atoms with Crippen LogP contribution in [-0.2, 0) is 12.8 Å². The largest absolute Gasteiger partial charge is 0.294 e. The minimum atomic E-state index is 0.191. The molecular weight excluding hydrogens is 232 g/mol. The smallest absolute Gasteiger partial charge is 0.167 e. The van der Waals surface area contributed by atoms with E-state index in [0.717, 1.165) is 17.5 Å². The molecule has 0 spiro atoms. The molecule has 0 unspecified atom stereocenters. The number of rotatable bonds is 4. The van der Waals surface area contributed by atoms with Crippen molar-refractivity contribution >= 4 is 5.78 Å². The van der Waals surface area contributed by atoms with Crippen molar-refractivity contribution in [2.45, 2.75) is 33.6 Å². The number of aryl methyl sites for hydroxylation is 3. The first kappa shape index (κ1) is 13.5. The Hall–Kier alpha value is -1.89. The van der Waals surface area contributed by atoms with Crippen LogP contribution in [0.15, 0.2) is 42.5 Å². The highest BCUT2D eigenvalue weighted by atomic mass is 16.1. The third-order valence-corrected chi connectivity index (χ3v) is 3.54. The Balaban J connectivity index is 2.18. The maximum Gasteiger partial charge on any atom is 0.167 e. The molecule has 2 aromatic rings. The topological polar surface area (TPSA) is 17.1 Å². The first-order valence-electron chi connectivity index (χ1n) is 6.78. The molecule has 0 amide bonds. The maximum atomic E-state index is 12.3. The van der Waals surface area contributed by atoms with E-state index >= 15 is 0 Å².